The van der Waals surface area contributed by atoms with Crippen LogP contribution in [0.2, 0.25) is 10.0 Å². The lowest BCUT2D eigenvalue weighted by Crippen LogP contribution is -2.37. The molecule has 0 aliphatic carbocycles. The normalized spacial score (nSPS) is 15.4. The van der Waals surface area contributed by atoms with Crippen molar-refractivity contribution in [1.82, 2.24) is 9.80 Å². The van der Waals surface area contributed by atoms with Crippen LogP contribution in [-0.4, -0.2) is 47.8 Å². The molecule has 1 aromatic carbocycles. The van der Waals surface area contributed by atoms with E-state index < -0.39 is 0 Å². The van der Waals surface area contributed by atoms with E-state index in [1.807, 2.05) is 4.90 Å². The van der Waals surface area contributed by atoms with Crippen molar-refractivity contribution in [1.29, 1.82) is 0 Å². The summed E-state index contributed by atoms with van der Waals surface area (Å²) in [5, 5.41) is 0.892. The Labute approximate surface area is 147 Å². The first-order valence-electron chi connectivity index (χ1n) is 8.05. The zero-order valence-corrected chi connectivity index (χ0v) is 14.9. The summed E-state index contributed by atoms with van der Waals surface area (Å²) in [6, 6.07) is 4.90. The molecule has 0 N–H and O–H groups in total. The molecule has 1 heterocycles. The standard InChI is InChI=1S/C17H22Cl2N2O2/c1-2-3-5-16(22)20-8-4-9-21(11-10-20)17(23)14-12-13(18)6-7-15(14)19/h6-7,12H,2-5,8-11H2,1H3. The maximum Gasteiger partial charge on any atom is 0.255 e. The summed E-state index contributed by atoms with van der Waals surface area (Å²) in [4.78, 5) is 28.4. The minimum Gasteiger partial charge on any atom is -0.341 e. The van der Waals surface area contributed by atoms with Gasteiger partial charge in [0, 0.05) is 37.6 Å². The van der Waals surface area contributed by atoms with Crippen LogP contribution in [0.3, 0.4) is 0 Å². The maximum atomic E-state index is 12.7. The van der Waals surface area contributed by atoms with Gasteiger partial charge >= 0.3 is 0 Å². The Kier molecular flexibility index (Phi) is 6.72. The van der Waals surface area contributed by atoms with E-state index in [9.17, 15) is 9.59 Å². The van der Waals surface area contributed by atoms with Gasteiger partial charge in [0.1, 0.15) is 0 Å². The van der Waals surface area contributed by atoms with Gasteiger partial charge in [0.2, 0.25) is 5.91 Å². The number of carbonyl (C=O) groups excluding carboxylic acids is 2. The van der Waals surface area contributed by atoms with E-state index in [1.54, 1.807) is 23.1 Å². The molecule has 1 aliphatic rings. The van der Waals surface area contributed by atoms with Crippen molar-refractivity contribution in [2.75, 3.05) is 26.2 Å². The first kappa shape index (κ1) is 18.1. The zero-order chi connectivity index (χ0) is 16.8. The van der Waals surface area contributed by atoms with E-state index >= 15 is 0 Å². The topological polar surface area (TPSA) is 40.6 Å². The van der Waals surface area contributed by atoms with Crippen molar-refractivity contribution in [3.8, 4) is 0 Å². The lowest BCUT2D eigenvalue weighted by molar-refractivity contribution is -0.131. The molecule has 1 fully saturated rings. The average Bonchev–Trinajstić information content (AvgIpc) is 2.80. The summed E-state index contributed by atoms with van der Waals surface area (Å²) < 4.78 is 0. The van der Waals surface area contributed by atoms with Crippen LogP contribution in [0.1, 0.15) is 43.0 Å². The van der Waals surface area contributed by atoms with Gasteiger partial charge in [-0.2, -0.15) is 0 Å². The molecule has 0 saturated carbocycles. The third-order valence-electron chi connectivity index (χ3n) is 4.04. The van der Waals surface area contributed by atoms with E-state index in [-0.39, 0.29) is 11.8 Å². The summed E-state index contributed by atoms with van der Waals surface area (Å²) in [5.41, 5.74) is 0.421. The summed E-state index contributed by atoms with van der Waals surface area (Å²) in [7, 11) is 0. The van der Waals surface area contributed by atoms with E-state index in [4.69, 9.17) is 23.2 Å². The second kappa shape index (κ2) is 8.55. The van der Waals surface area contributed by atoms with E-state index in [0.29, 0.717) is 48.2 Å². The fraction of sp³-hybridized carbons (Fsp3) is 0.529. The molecule has 6 heteroatoms. The first-order chi connectivity index (χ1) is 11.0. The van der Waals surface area contributed by atoms with Crippen LogP contribution < -0.4 is 0 Å². The van der Waals surface area contributed by atoms with Gasteiger partial charge < -0.3 is 9.80 Å². The van der Waals surface area contributed by atoms with Crippen LogP contribution in [0.25, 0.3) is 0 Å². The van der Waals surface area contributed by atoms with Crippen LogP contribution in [0, 0.1) is 0 Å². The van der Waals surface area contributed by atoms with Crippen molar-refractivity contribution in [2.24, 2.45) is 0 Å². The molecule has 1 aromatic rings. The Balaban J connectivity index is 2.01. The molecule has 0 radical (unpaired) electrons. The van der Waals surface area contributed by atoms with Crippen molar-refractivity contribution < 1.29 is 9.59 Å². The predicted octanol–water partition coefficient (Wildman–Crippen LogP) is 3.86. The number of unbranched alkanes of at least 4 members (excludes halogenated alkanes) is 1. The van der Waals surface area contributed by atoms with Crippen LogP contribution >= 0.6 is 23.2 Å². The number of benzene rings is 1. The number of rotatable bonds is 4. The summed E-state index contributed by atoms with van der Waals surface area (Å²) in [6.07, 6.45) is 3.29. The smallest absolute Gasteiger partial charge is 0.255 e. The molecule has 0 unspecified atom stereocenters. The molecular weight excluding hydrogens is 335 g/mol. The van der Waals surface area contributed by atoms with Gasteiger partial charge in [-0.3, -0.25) is 9.59 Å². The Bertz CT molecular complexity index is 578. The van der Waals surface area contributed by atoms with Crippen molar-refractivity contribution >= 4 is 35.0 Å². The van der Waals surface area contributed by atoms with Crippen molar-refractivity contribution in [2.45, 2.75) is 32.6 Å². The second-order valence-corrected chi connectivity index (χ2v) is 6.60. The van der Waals surface area contributed by atoms with Crippen molar-refractivity contribution in [3.05, 3.63) is 33.8 Å². The quantitative estimate of drug-likeness (QED) is 0.821. The molecule has 2 amide bonds. The third-order valence-corrected chi connectivity index (χ3v) is 4.60. The fourth-order valence-electron chi connectivity index (χ4n) is 2.69. The van der Waals surface area contributed by atoms with Crippen LogP contribution in [-0.2, 0) is 4.79 Å². The van der Waals surface area contributed by atoms with Gasteiger partial charge in [-0.15, -0.1) is 0 Å². The van der Waals surface area contributed by atoms with Gasteiger partial charge in [-0.05, 0) is 31.0 Å². The van der Waals surface area contributed by atoms with Gasteiger partial charge in [-0.1, -0.05) is 36.5 Å². The fourth-order valence-corrected chi connectivity index (χ4v) is 3.06. The highest BCUT2D eigenvalue weighted by atomic mass is 35.5. The van der Waals surface area contributed by atoms with E-state index in [2.05, 4.69) is 6.92 Å². The summed E-state index contributed by atoms with van der Waals surface area (Å²) in [5.74, 6) is 0.0577. The minimum absolute atomic E-state index is 0.125. The second-order valence-electron chi connectivity index (χ2n) is 5.75. The third kappa shape index (κ3) is 4.85. The first-order valence-corrected chi connectivity index (χ1v) is 8.80. The van der Waals surface area contributed by atoms with Gasteiger partial charge in [0.15, 0.2) is 0 Å². The molecule has 4 nitrogen and oxygen atoms in total. The Hall–Kier alpha value is -1.26. The summed E-state index contributed by atoms with van der Waals surface area (Å²) >= 11 is 12.1. The number of carbonyl (C=O) groups is 2. The van der Waals surface area contributed by atoms with Gasteiger partial charge in [0.25, 0.3) is 5.91 Å². The number of amides is 2. The van der Waals surface area contributed by atoms with E-state index in [1.165, 1.54) is 0 Å². The summed E-state index contributed by atoms with van der Waals surface area (Å²) in [6.45, 7) is 4.51. The monoisotopic (exact) mass is 356 g/mol. The minimum atomic E-state index is -0.125. The number of hydrogen-bond acceptors (Lipinski definition) is 2. The molecular formula is C17H22Cl2N2O2. The largest absolute Gasteiger partial charge is 0.341 e. The Morgan fingerprint density at radius 3 is 2.52 bits per heavy atom. The molecule has 0 spiro atoms. The number of nitrogens with zero attached hydrogens (tertiary/aromatic N) is 2. The zero-order valence-electron chi connectivity index (χ0n) is 13.4. The van der Waals surface area contributed by atoms with Gasteiger partial charge in [0.05, 0.1) is 10.6 Å². The lowest BCUT2D eigenvalue weighted by atomic mass is 10.2. The molecule has 0 atom stereocenters. The SMILES string of the molecule is CCCCC(=O)N1CCCN(C(=O)c2cc(Cl)ccc2Cl)CC1. The molecule has 0 bridgehead atoms. The molecule has 126 valence electrons. The molecule has 2 rings (SSSR count). The van der Waals surface area contributed by atoms with Crippen LogP contribution in [0.15, 0.2) is 18.2 Å². The molecule has 1 aliphatic heterocycles. The Morgan fingerprint density at radius 2 is 1.78 bits per heavy atom. The molecule has 23 heavy (non-hydrogen) atoms. The molecule has 1 saturated heterocycles. The van der Waals surface area contributed by atoms with Crippen molar-refractivity contribution in [3.63, 3.8) is 0 Å². The maximum absolute atomic E-state index is 12.7. The average molecular weight is 357 g/mol. The van der Waals surface area contributed by atoms with Crippen LogP contribution in [0.4, 0.5) is 0 Å². The highest BCUT2D eigenvalue weighted by molar-refractivity contribution is 6.35. The van der Waals surface area contributed by atoms with Gasteiger partial charge in [-0.25, -0.2) is 0 Å². The highest BCUT2D eigenvalue weighted by Gasteiger charge is 2.23. The predicted molar refractivity (Wildman–Crippen MR) is 93.1 cm³/mol. The number of hydrogen-bond donors (Lipinski definition) is 0. The number of halogens is 2. The lowest BCUT2D eigenvalue weighted by Gasteiger charge is -2.22. The molecule has 0 aromatic heterocycles. The van der Waals surface area contributed by atoms with E-state index in [0.717, 1.165) is 19.3 Å². The highest BCUT2D eigenvalue weighted by Crippen LogP contribution is 2.22. The van der Waals surface area contributed by atoms with Crippen LogP contribution in [0.5, 0.6) is 0 Å². The Morgan fingerprint density at radius 1 is 1.09 bits per heavy atom.